The molecule has 1 aromatic carbocycles. The van der Waals surface area contributed by atoms with Gasteiger partial charge in [-0.05, 0) is 26.1 Å². The predicted molar refractivity (Wildman–Crippen MR) is 65.5 cm³/mol. The Bertz CT molecular complexity index is 393. The van der Waals surface area contributed by atoms with Crippen LogP contribution in [0.1, 0.15) is 17.3 Å². The molecule has 0 aliphatic rings. The lowest BCUT2D eigenvalue weighted by molar-refractivity contribution is 0.0947. The van der Waals surface area contributed by atoms with Gasteiger partial charge >= 0.3 is 0 Å². The molecule has 0 aromatic heterocycles. The van der Waals surface area contributed by atoms with Crippen LogP contribution >= 0.6 is 0 Å². The first kappa shape index (κ1) is 13.3. The van der Waals surface area contributed by atoms with E-state index in [0.29, 0.717) is 12.3 Å². The van der Waals surface area contributed by atoms with Crippen LogP contribution in [-0.4, -0.2) is 37.8 Å². The maximum Gasteiger partial charge on any atom is 0.255 e. The van der Waals surface area contributed by atoms with E-state index in [2.05, 4.69) is 10.6 Å². The summed E-state index contributed by atoms with van der Waals surface area (Å²) in [5.74, 6) is -0.160. The van der Waals surface area contributed by atoms with E-state index in [1.807, 2.05) is 14.0 Å². The number of carbonyl (C=O) groups excluding carboxylic acids is 1. The molecule has 5 heteroatoms. The standard InChI is InChI=1S/C12H18N2O3/c1-8(13-2)7-14-12(16)9-5-4-6-10(17-3)11(9)15/h4-6,8,13,15H,7H2,1-3H3,(H,14,16). The van der Waals surface area contributed by atoms with Crippen LogP contribution in [0, 0.1) is 0 Å². The summed E-state index contributed by atoms with van der Waals surface area (Å²) in [6, 6.07) is 4.99. The number of nitrogens with one attached hydrogen (secondary N) is 2. The van der Waals surface area contributed by atoms with E-state index in [-0.39, 0.29) is 23.3 Å². The third kappa shape index (κ3) is 3.35. The van der Waals surface area contributed by atoms with Gasteiger partial charge in [-0.1, -0.05) is 6.07 Å². The Hall–Kier alpha value is -1.75. The Morgan fingerprint density at radius 2 is 2.24 bits per heavy atom. The van der Waals surface area contributed by atoms with Crippen LogP contribution in [0.2, 0.25) is 0 Å². The molecular weight excluding hydrogens is 220 g/mol. The lowest BCUT2D eigenvalue weighted by Crippen LogP contribution is -2.37. The number of hydrogen-bond donors (Lipinski definition) is 3. The van der Waals surface area contributed by atoms with Crippen LogP contribution < -0.4 is 15.4 Å². The van der Waals surface area contributed by atoms with E-state index < -0.39 is 0 Å². The Balaban J connectivity index is 2.75. The molecule has 0 spiro atoms. The van der Waals surface area contributed by atoms with E-state index in [1.165, 1.54) is 7.11 Å². The second-order valence-corrected chi connectivity index (χ2v) is 3.76. The fourth-order valence-electron chi connectivity index (χ4n) is 1.31. The van der Waals surface area contributed by atoms with Crippen molar-refractivity contribution < 1.29 is 14.6 Å². The van der Waals surface area contributed by atoms with Gasteiger partial charge in [0.25, 0.3) is 5.91 Å². The monoisotopic (exact) mass is 238 g/mol. The number of likely N-dealkylation sites (N-methyl/N-ethyl adjacent to an activating group) is 1. The van der Waals surface area contributed by atoms with E-state index >= 15 is 0 Å². The first-order valence-corrected chi connectivity index (χ1v) is 5.41. The summed E-state index contributed by atoms with van der Waals surface area (Å²) in [6.45, 7) is 2.44. The Morgan fingerprint density at radius 1 is 1.53 bits per heavy atom. The maximum absolute atomic E-state index is 11.8. The fraction of sp³-hybridized carbons (Fsp3) is 0.417. The van der Waals surface area contributed by atoms with Crippen LogP contribution in [-0.2, 0) is 0 Å². The predicted octanol–water partition coefficient (Wildman–Crippen LogP) is 0.738. The third-order valence-electron chi connectivity index (χ3n) is 2.53. The summed E-state index contributed by atoms with van der Waals surface area (Å²) >= 11 is 0. The van der Waals surface area contributed by atoms with Gasteiger partial charge in [0.15, 0.2) is 11.5 Å². The molecule has 0 fully saturated rings. The zero-order chi connectivity index (χ0) is 12.8. The molecule has 0 aliphatic carbocycles. The lowest BCUT2D eigenvalue weighted by atomic mass is 10.1. The van der Waals surface area contributed by atoms with Crippen molar-refractivity contribution in [3.8, 4) is 11.5 Å². The van der Waals surface area contributed by atoms with Gasteiger partial charge in [-0.25, -0.2) is 0 Å². The number of phenols is 1. The topological polar surface area (TPSA) is 70.6 Å². The molecule has 0 saturated carbocycles. The number of hydrogen-bond acceptors (Lipinski definition) is 4. The number of amides is 1. The summed E-state index contributed by atoms with van der Waals surface area (Å²) in [7, 11) is 3.26. The number of methoxy groups -OCH3 is 1. The lowest BCUT2D eigenvalue weighted by Gasteiger charge is -2.12. The first-order chi connectivity index (χ1) is 8.10. The van der Waals surface area contributed by atoms with Crippen molar-refractivity contribution >= 4 is 5.91 Å². The summed E-state index contributed by atoms with van der Waals surface area (Å²) in [5.41, 5.74) is 0.215. The number of carbonyl (C=O) groups is 1. The molecule has 0 radical (unpaired) electrons. The normalized spacial score (nSPS) is 11.9. The van der Waals surface area contributed by atoms with E-state index in [1.54, 1.807) is 18.2 Å². The molecule has 0 heterocycles. The third-order valence-corrected chi connectivity index (χ3v) is 2.53. The highest BCUT2D eigenvalue weighted by molar-refractivity contribution is 5.97. The number of para-hydroxylation sites is 1. The van der Waals surface area contributed by atoms with Crippen molar-refractivity contribution in [1.29, 1.82) is 0 Å². The number of aromatic hydroxyl groups is 1. The molecule has 0 saturated heterocycles. The van der Waals surface area contributed by atoms with E-state index in [4.69, 9.17) is 4.74 Å². The first-order valence-electron chi connectivity index (χ1n) is 5.41. The Morgan fingerprint density at radius 3 is 2.82 bits per heavy atom. The summed E-state index contributed by atoms with van der Waals surface area (Å²) in [4.78, 5) is 11.8. The quantitative estimate of drug-likeness (QED) is 0.707. The average Bonchev–Trinajstić information content (AvgIpc) is 2.35. The summed E-state index contributed by atoms with van der Waals surface area (Å²) in [5, 5.41) is 15.5. The minimum atomic E-state index is -0.316. The van der Waals surface area contributed by atoms with Crippen LogP contribution in [0.25, 0.3) is 0 Å². The average molecular weight is 238 g/mol. The van der Waals surface area contributed by atoms with Crippen molar-refractivity contribution in [3.63, 3.8) is 0 Å². The van der Waals surface area contributed by atoms with Gasteiger partial charge in [0.05, 0.1) is 12.7 Å². The molecule has 1 rings (SSSR count). The fourth-order valence-corrected chi connectivity index (χ4v) is 1.31. The van der Waals surface area contributed by atoms with Crippen molar-refractivity contribution in [3.05, 3.63) is 23.8 Å². The van der Waals surface area contributed by atoms with Crippen LogP contribution in [0.15, 0.2) is 18.2 Å². The minimum absolute atomic E-state index is 0.135. The molecular formula is C12H18N2O3. The van der Waals surface area contributed by atoms with Gasteiger partial charge < -0.3 is 20.5 Å². The van der Waals surface area contributed by atoms with Crippen LogP contribution in [0.4, 0.5) is 0 Å². The molecule has 3 N–H and O–H groups in total. The highest BCUT2D eigenvalue weighted by Crippen LogP contribution is 2.28. The largest absolute Gasteiger partial charge is 0.504 e. The molecule has 0 bridgehead atoms. The number of phenolic OH excluding ortho intramolecular Hbond substituents is 1. The van der Waals surface area contributed by atoms with E-state index in [0.717, 1.165) is 0 Å². The molecule has 0 aliphatic heterocycles. The van der Waals surface area contributed by atoms with E-state index in [9.17, 15) is 9.90 Å². The van der Waals surface area contributed by atoms with Gasteiger partial charge in [-0.3, -0.25) is 4.79 Å². The van der Waals surface area contributed by atoms with Gasteiger partial charge in [0.1, 0.15) is 0 Å². The highest BCUT2D eigenvalue weighted by Gasteiger charge is 2.14. The molecule has 1 atom stereocenters. The molecule has 5 nitrogen and oxygen atoms in total. The second kappa shape index (κ2) is 6.10. The molecule has 17 heavy (non-hydrogen) atoms. The molecule has 1 aromatic rings. The van der Waals surface area contributed by atoms with Crippen LogP contribution in [0.3, 0.4) is 0 Å². The van der Waals surface area contributed by atoms with Gasteiger partial charge in [0, 0.05) is 12.6 Å². The summed E-state index contributed by atoms with van der Waals surface area (Å²) in [6.07, 6.45) is 0. The minimum Gasteiger partial charge on any atom is -0.504 e. The van der Waals surface area contributed by atoms with Crippen molar-refractivity contribution in [1.82, 2.24) is 10.6 Å². The SMILES string of the molecule is CNC(C)CNC(=O)c1cccc(OC)c1O. The molecule has 1 unspecified atom stereocenters. The zero-order valence-corrected chi connectivity index (χ0v) is 10.3. The van der Waals surface area contributed by atoms with Crippen molar-refractivity contribution in [2.24, 2.45) is 0 Å². The number of ether oxygens (including phenoxy) is 1. The Kier molecular flexibility index (Phi) is 4.78. The van der Waals surface area contributed by atoms with Gasteiger partial charge in [-0.2, -0.15) is 0 Å². The smallest absolute Gasteiger partial charge is 0.255 e. The molecule has 1 amide bonds. The Labute approximate surface area is 101 Å². The van der Waals surface area contributed by atoms with Crippen LogP contribution in [0.5, 0.6) is 11.5 Å². The van der Waals surface area contributed by atoms with Gasteiger partial charge in [-0.15, -0.1) is 0 Å². The van der Waals surface area contributed by atoms with Crippen molar-refractivity contribution in [2.45, 2.75) is 13.0 Å². The zero-order valence-electron chi connectivity index (χ0n) is 10.3. The second-order valence-electron chi connectivity index (χ2n) is 3.76. The van der Waals surface area contributed by atoms with Gasteiger partial charge in [0.2, 0.25) is 0 Å². The molecule has 94 valence electrons. The van der Waals surface area contributed by atoms with Crippen molar-refractivity contribution in [2.75, 3.05) is 20.7 Å². The highest BCUT2D eigenvalue weighted by atomic mass is 16.5. The number of rotatable bonds is 5. The summed E-state index contributed by atoms with van der Waals surface area (Å²) < 4.78 is 4.94. The number of benzene rings is 1. The maximum atomic E-state index is 11.8.